The number of nitrogens with zero attached hydrogens (tertiary/aromatic N) is 1. The molecule has 0 radical (unpaired) electrons. The third kappa shape index (κ3) is 7.35. The first-order chi connectivity index (χ1) is 16.4. The summed E-state index contributed by atoms with van der Waals surface area (Å²) in [6.45, 7) is -0.148. The van der Waals surface area contributed by atoms with Crippen molar-refractivity contribution in [2.24, 2.45) is 5.10 Å². The van der Waals surface area contributed by atoms with Gasteiger partial charge in [-0.25, -0.2) is 5.43 Å². The Hall–Kier alpha value is -4.37. The van der Waals surface area contributed by atoms with Gasteiger partial charge in [0, 0.05) is 10.7 Å². The molecule has 3 N–H and O–H groups in total. The number of halogens is 1. The van der Waals surface area contributed by atoms with Gasteiger partial charge < -0.3 is 20.1 Å². The first-order valence-corrected chi connectivity index (χ1v) is 10.4. The summed E-state index contributed by atoms with van der Waals surface area (Å²) in [7, 11) is 1.43. The third-order valence-corrected chi connectivity index (χ3v) is 4.54. The van der Waals surface area contributed by atoms with Crippen molar-refractivity contribution in [1.82, 2.24) is 5.43 Å². The summed E-state index contributed by atoms with van der Waals surface area (Å²) in [5, 5.41) is 9.28. The van der Waals surface area contributed by atoms with Crippen LogP contribution < -0.4 is 25.5 Å². The van der Waals surface area contributed by atoms with Gasteiger partial charge in [-0.2, -0.15) is 5.10 Å². The Morgan fingerprint density at radius 1 is 0.941 bits per heavy atom. The lowest BCUT2D eigenvalue weighted by molar-refractivity contribution is -0.136. The zero-order valence-corrected chi connectivity index (χ0v) is 18.8. The molecular formula is C24H21ClN4O5. The molecule has 0 spiro atoms. The molecule has 10 heteroatoms. The highest BCUT2D eigenvalue weighted by Crippen LogP contribution is 2.27. The van der Waals surface area contributed by atoms with Crippen molar-refractivity contribution in [3.63, 3.8) is 0 Å². The summed E-state index contributed by atoms with van der Waals surface area (Å²) in [6.07, 6.45) is 1.36. The molecule has 3 aromatic rings. The molecule has 0 atom stereocenters. The molecule has 0 unspecified atom stereocenters. The lowest BCUT2D eigenvalue weighted by Gasteiger charge is -2.09. The van der Waals surface area contributed by atoms with E-state index in [4.69, 9.17) is 21.1 Å². The Kier molecular flexibility index (Phi) is 8.59. The summed E-state index contributed by atoms with van der Waals surface area (Å²) in [4.78, 5) is 36.0. The zero-order valence-electron chi connectivity index (χ0n) is 18.1. The van der Waals surface area contributed by atoms with Crippen LogP contribution in [0.2, 0.25) is 5.02 Å². The summed E-state index contributed by atoms with van der Waals surface area (Å²) in [6, 6.07) is 20.3. The number of amides is 3. The number of methoxy groups -OCH3 is 1. The molecule has 0 aliphatic heterocycles. The molecule has 174 valence electrons. The normalized spacial score (nSPS) is 10.4. The average Bonchev–Trinajstić information content (AvgIpc) is 2.84. The average molecular weight is 481 g/mol. The number of hydrogen-bond donors (Lipinski definition) is 3. The minimum Gasteiger partial charge on any atom is -0.495 e. The van der Waals surface area contributed by atoms with Crippen LogP contribution in [0, 0.1) is 0 Å². The molecule has 0 fully saturated rings. The van der Waals surface area contributed by atoms with Crippen molar-refractivity contribution in [3.05, 3.63) is 83.4 Å². The lowest BCUT2D eigenvalue weighted by atomic mass is 10.2. The maximum Gasteiger partial charge on any atom is 0.329 e. The van der Waals surface area contributed by atoms with Crippen LogP contribution in [0.15, 0.2) is 77.9 Å². The van der Waals surface area contributed by atoms with E-state index in [1.165, 1.54) is 19.4 Å². The van der Waals surface area contributed by atoms with Crippen molar-refractivity contribution >= 4 is 46.9 Å². The van der Waals surface area contributed by atoms with Gasteiger partial charge in [-0.05, 0) is 60.2 Å². The first kappa shape index (κ1) is 24.3. The van der Waals surface area contributed by atoms with E-state index < -0.39 is 11.8 Å². The Morgan fingerprint density at radius 3 is 2.38 bits per heavy atom. The molecule has 0 heterocycles. The van der Waals surface area contributed by atoms with E-state index in [-0.39, 0.29) is 18.2 Å². The maximum atomic E-state index is 12.1. The van der Waals surface area contributed by atoms with Crippen molar-refractivity contribution in [3.8, 4) is 11.5 Å². The van der Waals surface area contributed by atoms with Crippen LogP contribution in [0.4, 0.5) is 11.4 Å². The highest BCUT2D eigenvalue weighted by Gasteiger charge is 2.15. The monoisotopic (exact) mass is 480 g/mol. The Balaban J connectivity index is 1.45. The molecule has 0 aromatic heterocycles. The topological polar surface area (TPSA) is 118 Å². The molecule has 0 aliphatic rings. The Morgan fingerprint density at radius 2 is 1.68 bits per heavy atom. The van der Waals surface area contributed by atoms with Crippen LogP contribution in [-0.4, -0.2) is 37.7 Å². The van der Waals surface area contributed by atoms with Crippen molar-refractivity contribution in [2.75, 3.05) is 24.4 Å². The van der Waals surface area contributed by atoms with Gasteiger partial charge in [0.25, 0.3) is 5.91 Å². The van der Waals surface area contributed by atoms with Crippen LogP contribution in [0.25, 0.3) is 0 Å². The van der Waals surface area contributed by atoms with Crippen LogP contribution in [0.5, 0.6) is 11.5 Å². The van der Waals surface area contributed by atoms with Crippen LogP contribution in [-0.2, 0) is 14.4 Å². The number of carbonyl (C=O) groups is 3. The minimum absolute atomic E-state index is 0.148. The number of rotatable bonds is 8. The number of carbonyl (C=O) groups excluding carboxylic acids is 3. The number of ether oxygens (including phenoxy) is 2. The molecule has 34 heavy (non-hydrogen) atoms. The largest absolute Gasteiger partial charge is 0.495 e. The number of anilines is 2. The van der Waals surface area contributed by atoms with E-state index in [1.807, 2.05) is 18.2 Å². The highest BCUT2D eigenvalue weighted by molar-refractivity contribution is 6.40. The molecule has 3 aromatic carbocycles. The molecule has 0 saturated carbocycles. The SMILES string of the molecule is COc1ccc(Cl)cc1NC(=O)C(=O)N/N=C\c1ccc(OCC(=O)Nc2ccccc2)cc1. The summed E-state index contributed by atoms with van der Waals surface area (Å²) >= 11 is 5.91. The molecule has 3 rings (SSSR count). The highest BCUT2D eigenvalue weighted by atomic mass is 35.5. The standard InChI is InChI=1S/C24H21ClN4O5/c1-33-21-12-9-17(25)13-20(21)28-23(31)24(32)29-26-14-16-7-10-19(11-8-16)34-15-22(30)27-18-5-3-2-4-6-18/h2-14H,15H2,1H3,(H,27,30)(H,28,31)(H,29,32)/b26-14-. The van der Waals surface area contributed by atoms with E-state index >= 15 is 0 Å². The van der Waals surface area contributed by atoms with Gasteiger partial charge in [-0.15, -0.1) is 0 Å². The van der Waals surface area contributed by atoms with Crippen LogP contribution in [0.3, 0.4) is 0 Å². The minimum atomic E-state index is -0.970. The number of para-hydroxylation sites is 1. The third-order valence-electron chi connectivity index (χ3n) is 4.30. The molecule has 3 amide bonds. The van der Waals surface area contributed by atoms with E-state index in [0.717, 1.165) is 0 Å². The Bertz CT molecular complexity index is 1180. The molecule has 9 nitrogen and oxygen atoms in total. The van der Waals surface area contributed by atoms with Gasteiger partial charge >= 0.3 is 11.8 Å². The summed E-state index contributed by atoms with van der Waals surface area (Å²) < 4.78 is 10.6. The van der Waals surface area contributed by atoms with Gasteiger partial charge in [-0.3, -0.25) is 14.4 Å². The number of benzene rings is 3. The smallest absolute Gasteiger partial charge is 0.329 e. The van der Waals surface area contributed by atoms with Crippen molar-refractivity contribution < 1.29 is 23.9 Å². The van der Waals surface area contributed by atoms with Crippen molar-refractivity contribution in [1.29, 1.82) is 0 Å². The molecule has 0 saturated heterocycles. The maximum absolute atomic E-state index is 12.1. The molecular weight excluding hydrogens is 460 g/mol. The van der Waals surface area contributed by atoms with Gasteiger partial charge in [0.1, 0.15) is 11.5 Å². The molecule has 0 bridgehead atoms. The van der Waals surface area contributed by atoms with Gasteiger partial charge in [-0.1, -0.05) is 29.8 Å². The number of hydrazone groups is 1. The number of hydrogen-bond acceptors (Lipinski definition) is 6. The van der Waals surface area contributed by atoms with Crippen LogP contribution >= 0.6 is 11.6 Å². The first-order valence-electron chi connectivity index (χ1n) is 10.0. The van der Waals surface area contributed by atoms with E-state index in [0.29, 0.717) is 27.8 Å². The quantitative estimate of drug-likeness (QED) is 0.259. The fourth-order valence-electron chi connectivity index (χ4n) is 2.69. The fraction of sp³-hybridized carbons (Fsp3) is 0.0833. The van der Waals surface area contributed by atoms with E-state index in [1.54, 1.807) is 48.5 Å². The fourth-order valence-corrected chi connectivity index (χ4v) is 2.86. The summed E-state index contributed by atoms with van der Waals surface area (Å²) in [5.41, 5.74) is 3.72. The summed E-state index contributed by atoms with van der Waals surface area (Å²) in [5.74, 6) is -1.35. The van der Waals surface area contributed by atoms with Gasteiger partial charge in [0.05, 0.1) is 19.0 Å². The lowest BCUT2D eigenvalue weighted by Crippen LogP contribution is -2.32. The predicted octanol–water partition coefficient (Wildman–Crippen LogP) is 3.45. The molecule has 0 aliphatic carbocycles. The van der Waals surface area contributed by atoms with Gasteiger partial charge in [0.15, 0.2) is 6.61 Å². The Labute approximate surface area is 200 Å². The van der Waals surface area contributed by atoms with E-state index in [9.17, 15) is 14.4 Å². The van der Waals surface area contributed by atoms with E-state index in [2.05, 4.69) is 21.2 Å². The number of nitrogens with one attached hydrogen (secondary N) is 3. The van der Waals surface area contributed by atoms with Crippen molar-refractivity contribution in [2.45, 2.75) is 0 Å². The van der Waals surface area contributed by atoms with Crippen LogP contribution in [0.1, 0.15) is 5.56 Å². The second-order valence-electron chi connectivity index (χ2n) is 6.77. The second-order valence-corrected chi connectivity index (χ2v) is 7.21. The zero-order chi connectivity index (χ0) is 24.3. The predicted molar refractivity (Wildman–Crippen MR) is 129 cm³/mol. The van der Waals surface area contributed by atoms with Gasteiger partial charge in [0.2, 0.25) is 0 Å². The second kappa shape index (κ2) is 12.0.